The summed E-state index contributed by atoms with van der Waals surface area (Å²) in [5.74, 6) is -1.64. The van der Waals surface area contributed by atoms with Gasteiger partial charge in [0.15, 0.2) is 0 Å². The highest BCUT2D eigenvalue weighted by atomic mass is 16.3. The van der Waals surface area contributed by atoms with Crippen LogP contribution in [-0.2, 0) is 0 Å². The standard InChI is InChI=1S/C7H6N2O5/c10-3-1-4(11)6(5(12)2-3)7(8-13)9-14/h1-2,7,10-12H. The zero-order valence-corrected chi connectivity index (χ0v) is 6.78. The molecule has 7 heteroatoms. The van der Waals surface area contributed by atoms with Gasteiger partial charge in [-0.15, -0.1) is 9.81 Å². The lowest BCUT2D eigenvalue weighted by atomic mass is 10.1. The predicted octanol–water partition coefficient (Wildman–Crippen LogP) is 1.33. The fourth-order valence-electron chi connectivity index (χ4n) is 0.998. The molecule has 0 spiro atoms. The second kappa shape index (κ2) is 3.69. The molecule has 0 saturated carbocycles. The van der Waals surface area contributed by atoms with Crippen molar-refractivity contribution < 1.29 is 15.3 Å². The Morgan fingerprint density at radius 3 is 1.79 bits per heavy atom. The van der Waals surface area contributed by atoms with Crippen molar-refractivity contribution in [3.8, 4) is 17.2 Å². The summed E-state index contributed by atoms with van der Waals surface area (Å²) in [5.41, 5.74) is -0.423. The van der Waals surface area contributed by atoms with E-state index in [1.54, 1.807) is 0 Å². The zero-order valence-electron chi connectivity index (χ0n) is 6.78. The molecule has 1 rings (SSSR count). The molecule has 0 aliphatic rings. The lowest BCUT2D eigenvalue weighted by molar-refractivity contribution is 0.413. The molecule has 0 unspecified atom stereocenters. The van der Waals surface area contributed by atoms with E-state index in [1.807, 2.05) is 0 Å². The number of phenolic OH excluding ortho intramolecular Hbond substituents is 3. The number of nitroso groups, excluding NO2 is 2. The SMILES string of the molecule is O=NC(N=O)c1c(O)cc(O)cc1O. The fraction of sp³-hybridized carbons (Fsp3) is 0.143. The molecule has 1 aromatic carbocycles. The Bertz CT molecular complexity index is 347. The monoisotopic (exact) mass is 198 g/mol. The van der Waals surface area contributed by atoms with E-state index in [2.05, 4.69) is 10.4 Å². The second-order valence-electron chi connectivity index (χ2n) is 2.48. The quantitative estimate of drug-likeness (QED) is 0.633. The lowest BCUT2D eigenvalue weighted by Gasteiger charge is -2.07. The van der Waals surface area contributed by atoms with Crippen LogP contribution in [0.5, 0.6) is 17.2 Å². The molecule has 74 valence electrons. The van der Waals surface area contributed by atoms with Crippen molar-refractivity contribution in [2.24, 2.45) is 10.4 Å². The van der Waals surface area contributed by atoms with Crippen molar-refractivity contribution in [1.82, 2.24) is 0 Å². The van der Waals surface area contributed by atoms with Crippen LogP contribution >= 0.6 is 0 Å². The summed E-state index contributed by atoms with van der Waals surface area (Å²) in [5, 5.41) is 31.9. The summed E-state index contributed by atoms with van der Waals surface area (Å²) in [6, 6.07) is 1.72. The fourth-order valence-corrected chi connectivity index (χ4v) is 0.998. The van der Waals surface area contributed by atoms with Crippen LogP contribution < -0.4 is 0 Å². The first kappa shape index (κ1) is 9.90. The summed E-state index contributed by atoms with van der Waals surface area (Å²) in [7, 11) is 0. The Balaban J connectivity index is 3.32. The molecule has 7 nitrogen and oxygen atoms in total. The predicted molar refractivity (Wildman–Crippen MR) is 45.8 cm³/mol. The van der Waals surface area contributed by atoms with Gasteiger partial charge in [0.05, 0.1) is 5.56 Å². The highest BCUT2D eigenvalue weighted by molar-refractivity contribution is 5.50. The number of phenols is 3. The van der Waals surface area contributed by atoms with Crippen LogP contribution in [0.2, 0.25) is 0 Å². The van der Waals surface area contributed by atoms with Gasteiger partial charge in [0.2, 0.25) is 0 Å². The Labute approximate surface area is 77.6 Å². The summed E-state index contributed by atoms with van der Waals surface area (Å²) < 4.78 is 0. The van der Waals surface area contributed by atoms with E-state index < -0.39 is 29.0 Å². The van der Waals surface area contributed by atoms with Crippen LogP contribution in [0.15, 0.2) is 22.5 Å². The zero-order chi connectivity index (χ0) is 10.7. The molecular formula is C7H6N2O5. The maximum absolute atomic E-state index is 10.1. The number of aromatic hydroxyl groups is 3. The van der Waals surface area contributed by atoms with Crippen molar-refractivity contribution >= 4 is 0 Å². The molecule has 0 atom stereocenters. The Morgan fingerprint density at radius 1 is 1.00 bits per heavy atom. The summed E-state index contributed by atoms with van der Waals surface area (Å²) in [6.07, 6.45) is -1.73. The number of hydrogen-bond acceptors (Lipinski definition) is 7. The summed E-state index contributed by atoms with van der Waals surface area (Å²) >= 11 is 0. The first-order valence-electron chi connectivity index (χ1n) is 3.50. The lowest BCUT2D eigenvalue weighted by Crippen LogP contribution is -1.91. The largest absolute Gasteiger partial charge is 0.508 e. The van der Waals surface area contributed by atoms with Gasteiger partial charge in [0, 0.05) is 12.1 Å². The maximum atomic E-state index is 10.1. The van der Waals surface area contributed by atoms with Gasteiger partial charge in [-0.25, -0.2) is 0 Å². The number of nitrogens with zero attached hydrogens (tertiary/aromatic N) is 2. The van der Waals surface area contributed by atoms with Crippen molar-refractivity contribution in [2.45, 2.75) is 6.17 Å². The first-order valence-corrected chi connectivity index (χ1v) is 3.50. The molecule has 0 saturated heterocycles. The molecule has 0 aliphatic heterocycles. The van der Waals surface area contributed by atoms with Gasteiger partial charge in [-0.3, -0.25) is 0 Å². The van der Waals surface area contributed by atoms with Crippen LogP contribution in [0.3, 0.4) is 0 Å². The molecule has 0 fully saturated rings. The smallest absolute Gasteiger partial charge is 0.254 e. The third kappa shape index (κ3) is 1.60. The first-order chi connectivity index (χ1) is 6.60. The Kier molecular flexibility index (Phi) is 2.61. The van der Waals surface area contributed by atoms with Gasteiger partial charge in [-0.1, -0.05) is 0 Å². The number of hydrogen-bond donors (Lipinski definition) is 3. The van der Waals surface area contributed by atoms with Gasteiger partial charge in [-0.05, 0) is 10.4 Å². The van der Waals surface area contributed by atoms with Crippen molar-refractivity contribution in [1.29, 1.82) is 0 Å². The Morgan fingerprint density at radius 2 is 1.43 bits per heavy atom. The molecule has 0 amide bonds. The van der Waals surface area contributed by atoms with E-state index >= 15 is 0 Å². The van der Waals surface area contributed by atoms with Crippen LogP contribution in [0.4, 0.5) is 0 Å². The highest BCUT2D eigenvalue weighted by Gasteiger charge is 2.21. The van der Waals surface area contributed by atoms with Gasteiger partial charge in [-0.2, -0.15) is 0 Å². The normalized spacial score (nSPS) is 10.1. The maximum Gasteiger partial charge on any atom is 0.254 e. The van der Waals surface area contributed by atoms with Crippen LogP contribution in [0.1, 0.15) is 11.7 Å². The third-order valence-corrected chi connectivity index (χ3v) is 1.58. The molecule has 0 aliphatic carbocycles. The minimum Gasteiger partial charge on any atom is -0.508 e. The van der Waals surface area contributed by atoms with E-state index in [0.29, 0.717) is 0 Å². The minimum atomic E-state index is -1.73. The molecule has 1 aromatic rings. The van der Waals surface area contributed by atoms with Crippen LogP contribution in [-0.4, -0.2) is 15.3 Å². The van der Waals surface area contributed by atoms with Crippen molar-refractivity contribution in [3.63, 3.8) is 0 Å². The molecule has 0 aromatic heterocycles. The van der Waals surface area contributed by atoms with E-state index in [0.717, 1.165) is 12.1 Å². The van der Waals surface area contributed by atoms with Crippen molar-refractivity contribution in [3.05, 3.63) is 27.5 Å². The number of benzene rings is 1. The van der Waals surface area contributed by atoms with Crippen molar-refractivity contribution in [2.75, 3.05) is 0 Å². The molecule has 0 radical (unpaired) electrons. The van der Waals surface area contributed by atoms with E-state index in [4.69, 9.17) is 5.11 Å². The minimum absolute atomic E-state index is 0.403. The third-order valence-electron chi connectivity index (χ3n) is 1.58. The summed E-state index contributed by atoms with van der Waals surface area (Å²) in [6.45, 7) is 0. The molecule has 0 bridgehead atoms. The van der Waals surface area contributed by atoms with Crippen LogP contribution in [0.25, 0.3) is 0 Å². The summed E-state index contributed by atoms with van der Waals surface area (Å²) in [4.78, 5) is 20.2. The van der Waals surface area contributed by atoms with Gasteiger partial charge >= 0.3 is 0 Å². The van der Waals surface area contributed by atoms with Gasteiger partial charge in [0.25, 0.3) is 6.17 Å². The molecule has 3 N–H and O–H groups in total. The van der Waals surface area contributed by atoms with Gasteiger partial charge in [0.1, 0.15) is 17.2 Å². The average Bonchev–Trinajstić information content (AvgIpc) is 2.10. The highest BCUT2D eigenvalue weighted by Crippen LogP contribution is 2.38. The van der Waals surface area contributed by atoms with E-state index in [-0.39, 0.29) is 0 Å². The van der Waals surface area contributed by atoms with Crippen LogP contribution in [0, 0.1) is 9.81 Å². The molecule has 14 heavy (non-hydrogen) atoms. The second-order valence-corrected chi connectivity index (χ2v) is 2.48. The number of rotatable bonds is 3. The molecular weight excluding hydrogens is 192 g/mol. The molecule has 0 heterocycles. The topological polar surface area (TPSA) is 120 Å². The average molecular weight is 198 g/mol. The Hall–Kier alpha value is -2.18. The van der Waals surface area contributed by atoms with E-state index in [1.165, 1.54) is 0 Å². The van der Waals surface area contributed by atoms with Gasteiger partial charge < -0.3 is 15.3 Å². The van der Waals surface area contributed by atoms with E-state index in [9.17, 15) is 20.0 Å².